The summed E-state index contributed by atoms with van der Waals surface area (Å²) in [5.41, 5.74) is 1.36. The summed E-state index contributed by atoms with van der Waals surface area (Å²) in [7, 11) is 1.57. The fraction of sp³-hybridized carbons (Fsp3) is 0.400. The molecule has 2 heterocycles. The topological polar surface area (TPSA) is 49.9 Å². The quantitative estimate of drug-likeness (QED) is 0.830. The maximum atomic E-state index is 12.9. The summed E-state index contributed by atoms with van der Waals surface area (Å²) in [6.07, 6.45) is 0.773. The first-order valence-corrected chi connectivity index (χ1v) is 9.61. The van der Waals surface area contributed by atoms with Gasteiger partial charge in [0.05, 0.1) is 18.2 Å². The second kappa shape index (κ2) is 7.91. The highest BCUT2D eigenvalue weighted by molar-refractivity contribution is 7.12. The van der Waals surface area contributed by atoms with Gasteiger partial charge in [-0.15, -0.1) is 11.3 Å². The number of para-hydroxylation sites is 1. The van der Waals surface area contributed by atoms with Crippen LogP contribution in [0.1, 0.15) is 36.9 Å². The second-order valence-electron chi connectivity index (χ2n) is 6.47. The minimum atomic E-state index is -0.0423. The molecule has 5 nitrogen and oxygen atoms in total. The first-order valence-electron chi connectivity index (χ1n) is 8.80. The smallest absolute Gasteiger partial charge is 0.257 e. The Bertz CT molecular complexity index is 815. The molecule has 0 atom stereocenters. The lowest BCUT2D eigenvalue weighted by molar-refractivity contribution is 0.0717. The molecule has 26 heavy (non-hydrogen) atoms. The molecule has 0 unspecified atom stereocenters. The number of thiophene rings is 1. The number of carbonyl (C=O) groups is 2. The highest BCUT2D eigenvalue weighted by Gasteiger charge is 2.26. The van der Waals surface area contributed by atoms with Crippen molar-refractivity contribution in [2.45, 2.75) is 20.3 Å². The zero-order chi connectivity index (χ0) is 18.7. The van der Waals surface area contributed by atoms with Crippen LogP contribution >= 0.6 is 11.3 Å². The molecular formula is C20H24N2O3S. The summed E-state index contributed by atoms with van der Waals surface area (Å²) in [4.78, 5) is 31.6. The number of amides is 2. The minimum Gasteiger partial charge on any atom is -0.496 e. The van der Waals surface area contributed by atoms with E-state index in [2.05, 4.69) is 0 Å². The van der Waals surface area contributed by atoms with E-state index in [-0.39, 0.29) is 11.8 Å². The van der Waals surface area contributed by atoms with Crippen LogP contribution in [0.2, 0.25) is 0 Å². The van der Waals surface area contributed by atoms with Crippen molar-refractivity contribution in [2.75, 3.05) is 33.3 Å². The molecule has 0 aliphatic carbocycles. The largest absolute Gasteiger partial charge is 0.496 e. The van der Waals surface area contributed by atoms with Crippen LogP contribution in [0.4, 0.5) is 0 Å². The summed E-state index contributed by atoms with van der Waals surface area (Å²) < 4.78 is 5.31. The van der Waals surface area contributed by atoms with Crippen molar-refractivity contribution < 1.29 is 14.3 Å². The third-order valence-electron chi connectivity index (χ3n) is 4.68. The average molecular weight is 372 g/mol. The van der Waals surface area contributed by atoms with Crippen LogP contribution in [0, 0.1) is 13.8 Å². The van der Waals surface area contributed by atoms with E-state index in [4.69, 9.17) is 4.74 Å². The number of carbonyl (C=O) groups excluding carboxylic acids is 2. The van der Waals surface area contributed by atoms with Crippen molar-refractivity contribution in [3.63, 3.8) is 0 Å². The summed E-state index contributed by atoms with van der Waals surface area (Å²) in [5.74, 6) is 0.608. The molecule has 0 bridgehead atoms. The van der Waals surface area contributed by atoms with E-state index in [0.717, 1.165) is 21.7 Å². The Balaban J connectivity index is 1.71. The van der Waals surface area contributed by atoms with Gasteiger partial charge in [0, 0.05) is 35.9 Å². The fourth-order valence-electron chi connectivity index (χ4n) is 3.33. The molecule has 6 heteroatoms. The van der Waals surface area contributed by atoms with Gasteiger partial charge in [-0.05, 0) is 38.5 Å². The SMILES string of the molecule is COc1ccccc1C(=O)N1CCCN(C(=O)c2cc(C)sc2C)CC1. The third kappa shape index (κ3) is 3.75. The van der Waals surface area contributed by atoms with Crippen LogP contribution in [-0.4, -0.2) is 54.9 Å². The van der Waals surface area contributed by atoms with Gasteiger partial charge >= 0.3 is 0 Å². The molecule has 0 saturated carbocycles. The molecule has 1 aromatic carbocycles. The van der Waals surface area contributed by atoms with Crippen molar-refractivity contribution in [3.8, 4) is 5.75 Å². The van der Waals surface area contributed by atoms with E-state index in [1.54, 1.807) is 30.6 Å². The molecule has 2 aromatic rings. The Morgan fingerprint density at radius 1 is 0.962 bits per heavy atom. The number of hydrogen-bond donors (Lipinski definition) is 0. The molecule has 2 amide bonds. The molecule has 1 fully saturated rings. The zero-order valence-corrected chi connectivity index (χ0v) is 16.3. The monoisotopic (exact) mass is 372 g/mol. The number of aryl methyl sites for hydroxylation is 2. The maximum absolute atomic E-state index is 12.9. The normalized spacial score (nSPS) is 14.9. The number of methoxy groups -OCH3 is 1. The fourth-order valence-corrected chi connectivity index (χ4v) is 4.24. The molecule has 3 rings (SSSR count). The lowest BCUT2D eigenvalue weighted by atomic mass is 10.1. The average Bonchev–Trinajstić information content (AvgIpc) is 2.85. The molecule has 0 radical (unpaired) electrons. The van der Waals surface area contributed by atoms with Gasteiger partial charge in [-0.3, -0.25) is 9.59 Å². The summed E-state index contributed by atoms with van der Waals surface area (Å²) in [6, 6.07) is 9.23. The number of ether oxygens (including phenoxy) is 1. The van der Waals surface area contributed by atoms with Crippen LogP contribution in [0.25, 0.3) is 0 Å². The van der Waals surface area contributed by atoms with Gasteiger partial charge in [0.15, 0.2) is 0 Å². The van der Waals surface area contributed by atoms with Gasteiger partial charge in [-0.25, -0.2) is 0 Å². The first-order chi connectivity index (χ1) is 12.5. The van der Waals surface area contributed by atoms with E-state index in [0.29, 0.717) is 37.5 Å². The predicted molar refractivity (Wildman–Crippen MR) is 103 cm³/mol. The molecule has 1 aromatic heterocycles. The van der Waals surface area contributed by atoms with Crippen molar-refractivity contribution >= 4 is 23.2 Å². The van der Waals surface area contributed by atoms with Crippen molar-refractivity contribution in [2.24, 2.45) is 0 Å². The Hall–Kier alpha value is -2.34. The minimum absolute atomic E-state index is 0.0423. The number of nitrogens with zero attached hydrogens (tertiary/aromatic N) is 2. The summed E-state index contributed by atoms with van der Waals surface area (Å²) in [6.45, 7) is 6.40. The Morgan fingerprint density at radius 2 is 1.58 bits per heavy atom. The lowest BCUT2D eigenvalue weighted by Gasteiger charge is -2.23. The van der Waals surface area contributed by atoms with Crippen LogP contribution in [0.3, 0.4) is 0 Å². The highest BCUT2D eigenvalue weighted by atomic mass is 32.1. The van der Waals surface area contributed by atoms with Crippen molar-refractivity contribution in [1.82, 2.24) is 9.80 Å². The molecule has 1 aliphatic heterocycles. The molecule has 1 aliphatic rings. The van der Waals surface area contributed by atoms with Gasteiger partial charge in [0.25, 0.3) is 11.8 Å². The van der Waals surface area contributed by atoms with E-state index in [9.17, 15) is 9.59 Å². The van der Waals surface area contributed by atoms with E-state index >= 15 is 0 Å². The molecule has 0 spiro atoms. The highest BCUT2D eigenvalue weighted by Crippen LogP contribution is 2.23. The summed E-state index contributed by atoms with van der Waals surface area (Å²) in [5, 5.41) is 0. The molecular weight excluding hydrogens is 348 g/mol. The zero-order valence-electron chi connectivity index (χ0n) is 15.4. The number of rotatable bonds is 3. The number of benzene rings is 1. The van der Waals surface area contributed by atoms with Crippen LogP contribution in [-0.2, 0) is 0 Å². The molecule has 0 N–H and O–H groups in total. The second-order valence-corrected chi connectivity index (χ2v) is 7.93. The van der Waals surface area contributed by atoms with Gasteiger partial charge in [-0.1, -0.05) is 12.1 Å². The van der Waals surface area contributed by atoms with Gasteiger partial charge in [0.2, 0.25) is 0 Å². The Labute approximate surface area is 158 Å². The van der Waals surface area contributed by atoms with Crippen LogP contribution < -0.4 is 4.74 Å². The van der Waals surface area contributed by atoms with E-state index < -0.39 is 0 Å². The summed E-state index contributed by atoms with van der Waals surface area (Å²) >= 11 is 1.65. The van der Waals surface area contributed by atoms with Crippen LogP contribution in [0.15, 0.2) is 30.3 Å². The predicted octanol–water partition coefficient (Wildman–Crippen LogP) is 3.36. The molecule has 1 saturated heterocycles. The Morgan fingerprint density at radius 3 is 2.15 bits per heavy atom. The van der Waals surface area contributed by atoms with E-state index in [1.165, 1.54) is 0 Å². The van der Waals surface area contributed by atoms with E-state index in [1.807, 2.05) is 41.8 Å². The maximum Gasteiger partial charge on any atom is 0.257 e. The van der Waals surface area contributed by atoms with Crippen molar-refractivity contribution in [1.29, 1.82) is 0 Å². The number of hydrogen-bond acceptors (Lipinski definition) is 4. The Kier molecular flexibility index (Phi) is 5.61. The third-order valence-corrected chi connectivity index (χ3v) is 5.65. The van der Waals surface area contributed by atoms with Gasteiger partial charge in [0.1, 0.15) is 5.75 Å². The van der Waals surface area contributed by atoms with Gasteiger partial charge in [-0.2, -0.15) is 0 Å². The van der Waals surface area contributed by atoms with Crippen LogP contribution in [0.5, 0.6) is 5.75 Å². The first kappa shape index (κ1) is 18.5. The standard InChI is InChI=1S/C20H24N2O3S/c1-14-13-17(15(2)26-14)20(24)22-10-6-9-21(11-12-22)19(23)16-7-4-5-8-18(16)25-3/h4-5,7-8,13H,6,9-12H2,1-3H3. The lowest BCUT2D eigenvalue weighted by Crippen LogP contribution is -2.37. The van der Waals surface area contributed by atoms with Crippen molar-refractivity contribution in [3.05, 3.63) is 51.2 Å². The molecule has 138 valence electrons. The van der Waals surface area contributed by atoms with Gasteiger partial charge < -0.3 is 14.5 Å².